The number of aryl methyl sites for hydroxylation is 2. The predicted octanol–water partition coefficient (Wildman–Crippen LogP) is 3.31. The van der Waals surface area contributed by atoms with Crippen molar-refractivity contribution in [2.24, 2.45) is 7.05 Å². The summed E-state index contributed by atoms with van der Waals surface area (Å²) in [4.78, 5) is 17.3. The first-order valence-electron chi connectivity index (χ1n) is 8.50. The molecule has 4 nitrogen and oxygen atoms in total. The molecule has 0 radical (unpaired) electrons. The minimum absolute atomic E-state index is 0.0374. The number of rotatable bonds is 3. The first-order valence-corrected chi connectivity index (χ1v) is 8.50. The van der Waals surface area contributed by atoms with Gasteiger partial charge >= 0.3 is 0 Å². The lowest BCUT2D eigenvalue weighted by Gasteiger charge is -2.24. The van der Waals surface area contributed by atoms with E-state index in [2.05, 4.69) is 28.5 Å². The maximum atomic E-state index is 12.7. The van der Waals surface area contributed by atoms with E-state index in [1.54, 1.807) is 0 Å². The van der Waals surface area contributed by atoms with Gasteiger partial charge in [0.25, 0.3) is 0 Å². The molecule has 3 aromatic rings. The van der Waals surface area contributed by atoms with Gasteiger partial charge in [-0.1, -0.05) is 36.4 Å². The van der Waals surface area contributed by atoms with Crippen LogP contribution in [-0.2, 0) is 24.8 Å². The lowest BCUT2D eigenvalue weighted by molar-refractivity contribution is -0.123. The Morgan fingerprint density at radius 1 is 1.21 bits per heavy atom. The highest BCUT2D eigenvalue weighted by molar-refractivity contribution is 5.84. The fourth-order valence-electron chi connectivity index (χ4n) is 3.67. The number of amides is 1. The Bertz CT molecular complexity index is 897. The first-order chi connectivity index (χ1) is 11.7. The van der Waals surface area contributed by atoms with Crippen LogP contribution in [0.5, 0.6) is 0 Å². The van der Waals surface area contributed by atoms with E-state index < -0.39 is 0 Å². The number of nitrogens with zero attached hydrogens (tertiary/aromatic N) is 2. The summed E-state index contributed by atoms with van der Waals surface area (Å²) in [6.07, 6.45) is 3.07. The average Bonchev–Trinajstić information content (AvgIpc) is 2.95. The Morgan fingerprint density at radius 3 is 2.88 bits per heavy atom. The molecule has 1 unspecified atom stereocenters. The van der Waals surface area contributed by atoms with Gasteiger partial charge in [0.15, 0.2) is 0 Å². The second kappa shape index (κ2) is 6.11. The number of carbonyl (C=O) groups excluding carboxylic acids is 1. The quantitative estimate of drug-likeness (QED) is 0.805. The zero-order chi connectivity index (χ0) is 16.5. The molecule has 1 N–H and O–H groups in total. The molecule has 0 saturated heterocycles. The van der Waals surface area contributed by atoms with E-state index in [0.717, 1.165) is 36.1 Å². The predicted molar refractivity (Wildman–Crippen MR) is 94.7 cm³/mol. The number of imidazole rings is 1. The van der Waals surface area contributed by atoms with Crippen molar-refractivity contribution in [2.75, 3.05) is 0 Å². The molecule has 0 spiro atoms. The van der Waals surface area contributed by atoms with Gasteiger partial charge in [0, 0.05) is 7.05 Å². The van der Waals surface area contributed by atoms with Gasteiger partial charge in [-0.15, -0.1) is 0 Å². The lowest BCUT2D eigenvalue weighted by Crippen LogP contribution is -2.31. The van der Waals surface area contributed by atoms with Crippen LogP contribution in [0.25, 0.3) is 11.0 Å². The van der Waals surface area contributed by atoms with Crippen LogP contribution < -0.4 is 5.32 Å². The zero-order valence-electron chi connectivity index (χ0n) is 13.8. The highest BCUT2D eigenvalue weighted by atomic mass is 16.1. The summed E-state index contributed by atoms with van der Waals surface area (Å²) in [5.41, 5.74) is 4.55. The van der Waals surface area contributed by atoms with E-state index in [-0.39, 0.29) is 11.8 Å². The van der Waals surface area contributed by atoms with Gasteiger partial charge in [-0.2, -0.15) is 0 Å². The summed E-state index contributed by atoms with van der Waals surface area (Å²) in [7, 11) is 1.99. The summed E-state index contributed by atoms with van der Waals surface area (Å²) < 4.78 is 2.05. The van der Waals surface area contributed by atoms with E-state index in [1.165, 1.54) is 11.1 Å². The third-order valence-corrected chi connectivity index (χ3v) is 4.99. The Balaban J connectivity index is 1.52. The molecule has 0 aliphatic heterocycles. The summed E-state index contributed by atoms with van der Waals surface area (Å²) in [5, 5.41) is 3.09. The van der Waals surface area contributed by atoms with Gasteiger partial charge < -0.3 is 9.88 Å². The molecular formula is C20H21N3O. The molecule has 1 aromatic heterocycles. The number of hydrogen-bond acceptors (Lipinski definition) is 2. The van der Waals surface area contributed by atoms with E-state index in [4.69, 9.17) is 0 Å². The molecule has 2 aromatic carbocycles. The Kier molecular flexibility index (Phi) is 3.81. The molecule has 24 heavy (non-hydrogen) atoms. The fourth-order valence-corrected chi connectivity index (χ4v) is 3.67. The average molecular weight is 319 g/mol. The minimum Gasteiger partial charge on any atom is -0.348 e. The van der Waals surface area contributed by atoms with Gasteiger partial charge in [0.2, 0.25) is 5.91 Å². The lowest BCUT2D eigenvalue weighted by atomic mass is 9.82. The van der Waals surface area contributed by atoms with Crippen molar-refractivity contribution in [3.8, 4) is 0 Å². The van der Waals surface area contributed by atoms with Crippen LogP contribution in [0.15, 0.2) is 48.5 Å². The molecule has 0 saturated carbocycles. The van der Waals surface area contributed by atoms with Gasteiger partial charge in [0.05, 0.1) is 23.5 Å². The third-order valence-electron chi connectivity index (χ3n) is 4.99. The van der Waals surface area contributed by atoms with Crippen LogP contribution in [0.2, 0.25) is 0 Å². The maximum absolute atomic E-state index is 12.7. The van der Waals surface area contributed by atoms with Crippen molar-refractivity contribution in [1.29, 1.82) is 0 Å². The van der Waals surface area contributed by atoms with E-state index >= 15 is 0 Å². The first kappa shape index (κ1) is 14.9. The molecule has 1 amide bonds. The van der Waals surface area contributed by atoms with Crippen LogP contribution in [0.3, 0.4) is 0 Å². The molecule has 4 heteroatoms. The van der Waals surface area contributed by atoms with Crippen LogP contribution in [0.1, 0.15) is 35.7 Å². The van der Waals surface area contributed by atoms with Crippen molar-refractivity contribution >= 4 is 16.9 Å². The number of benzene rings is 2. The summed E-state index contributed by atoms with van der Waals surface area (Å²) in [5.74, 6) is 0.951. The second-order valence-electron chi connectivity index (χ2n) is 6.44. The minimum atomic E-state index is -0.0374. The topological polar surface area (TPSA) is 46.9 Å². The largest absolute Gasteiger partial charge is 0.348 e. The van der Waals surface area contributed by atoms with Crippen LogP contribution >= 0.6 is 0 Å². The maximum Gasteiger partial charge on any atom is 0.227 e. The highest BCUT2D eigenvalue weighted by Gasteiger charge is 2.26. The van der Waals surface area contributed by atoms with Crippen molar-refractivity contribution in [1.82, 2.24) is 14.9 Å². The standard InChI is InChI=1S/C20H21N3O/c1-23-18-12-5-4-11-17(18)22-19(23)13-21-20(24)16-10-6-8-14-7-2-3-9-15(14)16/h2-5,7,9,11-12,16H,6,8,10,13H2,1H3,(H,21,24). The van der Waals surface area contributed by atoms with Crippen LogP contribution in [-0.4, -0.2) is 15.5 Å². The molecule has 0 fully saturated rings. The molecule has 1 aliphatic carbocycles. The van der Waals surface area contributed by atoms with E-state index in [0.29, 0.717) is 6.54 Å². The van der Waals surface area contributed by atoms with Crippen molar-refractivity contribution in [3.63, 3.8) is 0 Å². The van der Waals surface area contributed by atoms with Gasteiger partial charge in [-0.25, -0.2) is 4.98 Å². The molecule has 0 bridgehead atoms. The summed E-state index contributed by atoms with van der Waals surface area (Å²) in [6, 6.07) is 16.3. The normalized spacial score (nSPS) is 16.8. The van der Waals surface area contributed by atoms with E-state index in [9.17, 15) is 4.79 Å². The van der Waals surface area contributed by atoms with Crippen LogP contribution in [0.4, 0.5) is 0 Å². The number of nitrogens with one attached hydrogen (secondary N) is 1. The van der Waals surface area contributed by atoms with E-state index in [1.807, 2.05) is 41.9 Å². The number of carbonyl (C=O) groups is 1. The highest BCUT2D eigenvalue weighted by Crippen LogP contribution is 2.31. The van der Waals surface area contributed by atoms with Crippen molar-refractivity contribution in [3.05, 3.63) is 65.5 Å². The summed E-state index contributed by atoms with van der Waals surface area (Å²) >= 11 is 0. The number of para-hydroxylation sites is 2. The number of hydrogen-bond donors (Lipinski definition) is 1. The SMILES string of the molecule is Cn1c(CNC(=O)C2CCCc3ccccc32)nc2ccccc21. The smallest absolute Gasteiger partial charge is 0.227 e. The Morgan fingerprint density at radius 2 is 2.00 bits per heavy atom. The van der Waals surface area contributed by atoms with Crippen LogP contribution in [0, 0.1) is 0 Å². The molecule has 1 aliphatic rings. The zero-order valence-corrected chi connectivity index (χ0v) is 13.8. The third kappa shape index (κ3) is 2.58. The Labute approximate surface area is 141 Å². The molecule has 122 valence electrons. The number of aromatic nitrogens is 2. The Hall–Kier alpha value is -2.62. The van der Waals surface area contributed by atoms with Gasteiger partial charge in [-0.05, 0) is 42.5 Å². The van der Waals surface area contributed by atoms with Crippen molar-refractivity contribution < 1.29 is 4.79 Å². The molecule has 4 rings (SSSR count). The molecule has 1 heterocycles. The summed E-state index contributed by atoms with van der Waals surface area (Å²) in [6.45, 7) is 0.461. The second-order valence-corrected chi connectivity index (χ2v) is 6.44. The molecular weight excluding hydrogens is 298 g/mol. The number of fused-ring (bicyclic) bond motifs is 2. The molecule has 1 atom stereocenters. The van der Waals surface area contributed by atoms with Gasteiger partial charge in [-0.3, -0.25) is 4.79 Å². The fraction of sp³-hybridized carbons (Fsp3) is 0.300. The van der Waals surface area contributed by atoms with Gasteiger partial charge in [0.1, 0.15) is 5.82 Å². The van der Waals surface area contributed by atoms with Crippen molar-refractivity contribution in [2.45, 2.75) is 31.7 Å². The monoisotopic (exact) mass is 319 g/mol.